The highest BCUT2D eigenvalue weighted by Crippen LogP contribution is 2.13. The summed E-state index contributed by atoms with van der Waals surface area (Å²) < 4.78 is 15.0. The van der Waals surface area contributed by atoms with Gasteiger partial charge in [-0.1, -0.05) is 34.1 Å². The van der Waals surface area contributed by atoms with Crippen molar-refractivity contribution >= 4 is 22.0 Å². The van der Waals surface area contributed by atoms with E-state index in [1.807, 2.05) is 63.2 Å². The number of carbonyl (C=O) groups excluding carboxylic acids is 1. The number of hydrogen-bond acceptors (Lipinski definition) is 5. The third-order valence-electron chi connectivity index (χ3n) is 4.44. The maximum absolute atomic E-state index is 12.8. The van der Waals surface area contributed by atoms with Gasteiger partial charge in [0.15, 0.2) is 0 Å². The van der Waals surface area contributed by atoms with Crippen LogP contribution in [0, 0.1) is 0 Å². The highest BCUT2D eigenvalue weighted by Gasteiger charge is 2.22. The van der Waals surface area contributed by atoms with Gasteiger partial charge in [-0.2, -0.15) is 9.78 Å². The minimum absolute atomic E-state index is 0.277. The van der Waals surface area contributed by atoms with Gasteiger partial charge in [0.1, 0.15) is 24.3 Å². The van der Waals surface area contributed by atoms with Gasteiger partial charge in [0.25, 0.3) is 0 Å². The van der Waals surface area contributed by atoms with E-state index in [2.05, 4.69) is 21.0 Å². The molecule has 2 aromatic carbocycles. The Hall–Kier alpha value is -3.07. The number of hydrogen-bond donors (Lipinski definition) is 0. The van der Waals surface area contributed by atoms with Gasteiger partial charge in [0.2, 0.25) is 0 Å². The zero-order chi connectivity index (χ0) is 23.1. The fraction of sp³-hybridized carbons (Fsp3) is 0.348. The molecule has 0 N–H and O–H groups in total. The first kappa shape index (κ1) is 23.6. The lowest BCUT2D eigenvalue weighted by molar-refractivity contribution is 0.0219. The number of halogens is 1. The van der Waals surface area contributed by atoms with Gasteiger partial charge in [-0.15, -0.1) is 0 Å². The molecular formula is C23H27BrN4O4. The van der Waals surface area contributed by atoms with Crippen LogP contribution in [-0.2, 0) is 11.3 Å². The summed E-state index contributed by atoms with van der Waals surface area (Å²) in [6, 6.07) is 16.7. The number of nitrogens with zero attached hydrogens (tertiary/aromatic N) is 4. The van der Waals surface area contributed by atoms with Gasteiger partial charge in [0, 0.05) is 17.6 Å². The molecule has 0 saturated heterocycles. The van der Waals surface area contributed by atoms with Crippen molar-refractivity contribution in [3.8, 4) is 11.4 Å². The number of benzene rings is 2. The first-order valence-corrected chi connectivity index (χ1v) is 11.1. The predicted octanol–water partition coefficient (Wildman–Crippen LogP) is 4.11. The van der Waals surface area contributed by atoms with Crippen molar-refractivity contribution in [2.75, 3.05) is 19.7 Å². The summed E-state index contributed by atoms with van der Waals surface area (Å²) in [7, 11) is 0. The molecule has 3 aromatic rings. The van der Waals surface area contributed by atoms with Crippen LogP contribution in [0.3, 0.4) is 0 Å². The minimum atomic E-state index is -0.626. The van der Waals surface area contributed by atoms with E-state index in [1.165, 1.54) is 20.5 Å². The number of para-hydroxylation sites is 1. The van der Waals surface area contributed by atoms with E-state index in [4.69, 9.17) is 9.47 Å². The van der Waals surface area contributed by atoms with E-state index >= 15 is 0 Å². The Morgan fingerprint density at radius 1 is 1.06 bits per heavy atom. The lowest BCUT2D eigenvalue weighted by Gasteiger charge is -2.27. The van der Waals surface area contributed by atoms with E-state index < -0.39 is 11.7 Å². The van der Waals surface area contributed by atoms with Crippen LogP contribution in [0.1, 0.15) is 20.8 Å². The molecule has 0 saturated carbocycles. The molecule has 1 heterocycles. The van der Waals surface area contributed by atoms with Crippen molar-refractivity contribution in [1.29, 1.82) is 0 Å². The maximum atomic E-state index is 12.8. The second-order valence-corrected chi connectivity index (χ2v) is 9.04. The van der Waals surface area contributed by atoms with Crippen LogP contribution < -0.4 is 10.4 Å². The van der Waals surface area contributed by atoms with Gasteiger partial charge in [-0.3, -0.25) is 4.57 Å². The van der Waals surface area contributed by atoms with Crippen molar-refractivity contribution in [1.82, 2.24) is 19.2 Å². The van der Waals surface area contributed by atoms with Crippen molar-refractivity contribution in [3.63, 3.8) is 0 Å². The summed E-state index contributed by atoms with van der Waals surface area (Å²) in [6.45, 7) is 6.62. The fourth-order valence-electron chi connectivity index (χ4n) is 2.89. The fourth-order valence-corrected chi connectivity index (χ4v) is 3.15. The molecule has 0 radical (unpaired) electrons. The molecule has 0 unspecified atom stereocenters. The Balaban J connectivity index is 1.66. The molecule has 32 heavy (non-hydrogen) atoms. The van der Waals surface area contributed by atoms with Crippen LogP contribution in [-0.4, -0.2) is 50.6 Å². The smallest absolute Gasteiger partial charge is 0.410 e. The third kappa shape index (κ3) is 6.71. The first-order chi connectivity index (χ1) is 15.2. The summed E-state index contributed by atoms with van der Waals surface area (Å²) in [5.41, 5.74) is -0.243. The predicted molar refractivity (Wildman–Crippen MR) is 125 cm³/mol. The molecule has 0 aliphatic heterocycles. The number of aromatic nitrogens is 3. The largest absolute Gasteiger partial charge is 0.492 e. The molecule has 0 spiro atoms. The van der Waals surface area contributed by atoms with Gasteiger partial charge < -0.3 is 14.4 Å². The van der Waals surface area contributed by atoms with E-state index in [9.17, 15) is 9.59 Å². The summed E-state index contributed by atoms with van der Waals surface area (Å²) >= 11 is 3.38. The van der Waals surface area contributed by atoms with Crippen molar-refractivity contribution in [2.45, 2.75) is 32.9 Å². The number of carbonyl (C=O) groups is 1. The van der Waals surface area contributed by atoms with Crippen molar-refractivity contribution < 1.29 is 14.3 Å². The van der Waals surface area contributed by atoms with Gasteiger partial charge in [0.05, 0.1) is 12.2 Å². The van der Waals surface area contributed by atoms with Gasteiger partial charge in [-0.05, 0) is 57.2 Å². The number of amides is 1. The number of rotatable bonds is 8. The topological polar surface area (TPSA) is 78.6 Å². The minimum Gasteiger partial charge on any atom is -0.492 e. The molecule has 0 aliphatic carbocycles. The van der Waals surface area contributed by atoms with Crippen LogP contribution in [0.2, 0.25) is 0 Å². The molecule has 9 heteroatoms. The molecule has 3 rings (SSSR count). The Labute approximate surface area is 195 Å². The normalized spacial score (nSPS) is 11.2. The molecule has 0 bridgehead atoms. The van der Waals surface area contributed by atoms with Gasteiger partial charge in [-0.25, -0.2) is 9.59 Å². The molecule has 0 fully saturated rings. The van der Waals surface area contributed by atoms with Crippen LogP contribution in [0.5, 0.6) is 5.75 Å². The van der Waals surface area contributed by atoms with Crippen LogP contribution >= 0.6 is 15.9 Å². The SMILES string of the molecule is CC(C)(C)OC(=O)N(CCOc1ccccc1)CCn1cnn(-c2ccc(Br)cc2)c1=O. The van der Waals surface area contributed by atoms with E-state index in [1.54, 1.807) is 12.1 Å². The van der Waals surface area contributed by atoms with E-state index in [0.717, 1.165) is 10.2 Å². The lowest BCUT2D eigenvalue weighted by Crippen LogP contribution is -2.41. The zero-order valence-electron chi connectivity index (χ0n) is 18.4. The molecule has 170 valence electrons. The highest BCUT2D eigenvalue weighted by atomic mass is 79.9. The van der Waals surface area contributed by atoms with Crippen molar-refractivity contribution in [3.05, 3.63) is 75.9 Å². The Bertz CT molecular complexity index is 1070. The Morgan fingerprint density at radius 2 is 1.75 bits per heavy atom. The van der Waals surface area contributed by atoms with Gasteiger partial charge >= 0.3 is 11.8 Å². The molecule has 1 aromatic heterocycles. The zero-order valence-corrected chi connectivity index (χ0v) is 20.0. The monoisotopic (exact) mass is 502 g/mol. The molecule has 0 aliphatic rings. The number of ether oxygens (including phenoxy) is 2. The standard InChI is InChI=1S/C23H27BrN4O4/c1-23(2,3)32-22(30)26(15-16-31-20-7-5-4-6-8-20)13-14-27-17-25-28(21(27)29)19-11-9-18(24)10-12-19/h4-12,17H,13-16H2,1-3H3. The molecule has 8 nitrogen and oxygen atoms in total. The molecule has 0 atom stereocenters. The van der Waals surface area contributed by atoms with Crippen LogP contribution in [0.4, 0.5) is 4.79 Å². The third-order valence-corrected chi connectivity index (χ3v) is 4.97. The first-order valence-electron chi connectivity index (χ1n) is 10.3. The van der Waals surface area contributed by atoms with Crippen LogP contribution in [0.15, 0.2) is 70.2 Å². The maximum Gasteiger partial charge on any atom is 0.410 e. The average molecular weight is 503 g/mol. The van der Waals surface area contributed by atoms with Crippen molar-refractivity contribution in [2.24, 2.45) is 0 Å². The Morgan fingerprint density at radius 3 is 2.41 bits per heavy atom. The van der Waals surface area contributed by atoms with Crippen LogP contribution in [0.25, 0.3) is 5.69 Å². The van der Waals surface area contributed by atoms with E-state index in [-0.39, 0.29) is 18.8 Å². The summed E-state index contributed by atoms with van der Waals surface area (Å²) in [6.07, 6.45) is 1.01. The van der Waals surface area contributed by atoms with E-state index in [0.29, 0.717) is 18.8 Å². The quantitative estimate of drug-likeness (QED) is 0.463. The Kier molecular flexibility index (Phi) is 7.74. The second kappa shape index (κ2) is 10.5. The summed E-state index contributed by atoms with van der Waals surface area (Å²) in [5.74, 6) is 0.726. The highest BCUT2D eigenvalue weighted by molar-refractivity contribution is 9.10. The average Bonchev–Trinajstić information content (AvgIpc) is 3.11. The summed E-state index contributed by atoms with van der Waals surface area (Å²) in [4.78, 5) is 27.0. The second-order valence-electron chi connectivity index (χ2n) is 8.12. The lowest BCUT2D eigenvalue weighted by atomic mass is 10.2. The molecular weight excluding hydrogens is 476 g/mol. The summed E-state index contributed by atoms with van der Waals surface area (Å²) in [5, 5.41) is 4.19. The molecule has 1 amide bonds.